The maximum atomic E-state index is 13.1. The Kier molecular flexibility index (Phi) is 8.68. The number of benzene rings is 2. The summed E-state index contributed by atoms with van der Waals surface area (Å²) in [6.45, 7) is 0. The maximum absolute atomic E-state index is 13.1. The van der Waals surface area contributed by atoms with E-state index in [-0.39, 0.29) is 12.1 Å². The lowest BCUT2D eigenvalue weighted by molar-refractivity contribution is 0.0955. The van der Waals surface area contributed by atoms with Crippen LogP contribution in [0.5, 0.6) is 11.5 Å². The predicted molar refractivity (Wildman–Crippen MR) is 131 cm³/mol. The summed E-state index contributed by atoms with van der Waals surface area (Å²) in [5.74, 6) is 1.99. The summed E-state index contributed by atoms with van der Waals surface area (Å²) in [6.07, 6.45) is 8.86. The van der Waals surface area contributed by atoms with E-state index in [1.807, 2.05) is 12.1 Å². The molecular formula is C28H32N2O5. The molecule has 7 nitrogen and oxygen atoms in total. The number of carbonyl (C=O) groups is 2. The average molecular weight is 477 g/mol. The van der Waals surface area contributed by atoms with Gasteiger partial charge in [-0.25, -0.2) is 24.3 Å². The van der Waals surface area contributed by atoms with Gasteiger partial charge in [-0.1, -0.05) is 36.4 Å². The van der Waals surface area contributed by atoms with Gasteiger partial charge >= 0.3 is 12.2 Å². The molecule has 7 heteroatoms. The first-order valence-corrected chi connectivity index (χ1v) is 12.5. The van der Waals surface area contributed by atoms with Gasteiger partial charge in [0.1, 0.15) is 11.5 Å². The molecule has 35 heavy (non-hydrogen) atoms. The van der Waals surface area contributed by atoms with Crippen molar-refractivity contribution in [1.29, 1.82) is 0 Å². The van der Waals surface area contributed by atoms with Crippen molar-refractivity contribution in [3.8, 4) is 11.5 Å². The SMILES string of the molecule is O=C=NC1CCC(CC2CCC(N(C(=O)Oc3ccccc3)C(=O)Oc3ccccc3)CC2)CC1. The van der Waals surface area contributed by atoms with Crippen LogP contribution < -0.4 is 9.47 Å². The van der Waals surface area contributed by atoms with Crippen molar-refractivity contribution in [3.05, 3.63) is 60.7 Å². The van der Waals surface area contributed by atoms with Gasteiger partial charge in [-0.05, 0) is 93.9 Å². The summed E-state index contributed by atoms with van der Waals surface area (Å²) in [6, 6.07) is 17.4. The highest BCUT2D eigenvalue weighted by Gasteiger charge is 2.36. The summed E-state index contributed by atoms with van der Waals surface area (Å²) in [5.41, 5.74) is 0. The van der Waals surface area contributed by atoms with Crippen molar-refractivity contribution in [1.82, 2.24) is 4.90 Å². The Balaban J connectivity index is 1.36. The Morgan fingerprint density at radius 2 is 1.20 bits per heavy atom. The van der Waals surface area contributed by atoms with E-state index in [9.17, 15) is 14.4 Å². The molecule has 4 rings (SSSR count). The Hall–Kier alpha value is -3.44. The third-order valence-electron chi connectivity index (χ3n) is 7.19. The van der Waals surface area contributed by atoms with Crippen LogP contribution in [0.4, 0.5) is 9.59 Å². The predicted octanol–water partition coefficient (Wildman–Crippen LogP) is 6.53. The molecule has 2 aliphatic rings. The van der Waals surface area contributed by atoms with Gasteiger partial charge in [-0.3, -0.25) is 0 Å². The van der Waals surface area contributed by atoms with E-state index >= 15 is 0 Å². The molecule has 0 saturated heterocycles. The zero-order chi connectivity index (χ0) is 24.5. The highest BCUT2D eigenvalue weighted by Crippen LogP contribution is 2.37. The van der Waals surface area contributed by atoms with E-state index in [1.54, 1.807) is 54.6 Å². The highest BCUT2D eigenvalue weighted by atomic mass is 16.6. The monoisotopic (exact) mass is 476 g/mol. The fourth-order valence-corrected chi connectivity index (χ4v) is 5.34. The highest BCUT2D eigenvalue weighted by molar-refractivity contribution is 5.90. The van der Waals surface area contributed by atoms with Crippen LogP contribution in [-0.4, -0.2) is 35.3 Å². The molecule has 0 unspecified atom stereocenters. The van der Waals surface area contributed by atoms with Crippen LogP contribution in [0.15, 0.2) is 65.7 Å². The number of carbonyl (C=O) groups excluding carboxylic acids is 3. The lowest BCUT2D eigenvalue weighted by Gasteiger charge is -2.36. The van der Waals surface area contributed by atoms with Crippen LogP contribution in [0.1, 0.15) is 57.8 Å². The van der Waals surface area contributed by atoms with Gasteiger partial charge in [0.2, 0.25) is 6.08 Å². The molecule has 0 N–H and O–H groups in total. The van der Waals surface area contributed by atoms with Gasteiger partial charge < -0.3 is 9.47 Å². The van der Waals surface area contributed by atoms with Crippen LogP contribution in [0.3, 0.4) is 0 Å². The molecule has 2 amide bonds. The van der Waals surface area contributed by atoms with Crippen molar-refractivity contribution in [2.75, 3.05) is 0 Å². The minimum atomic E-state index is -0.713. The van der Waals surface area contributed by atoms with Gasteiger partial charge in [0.05, 0.1) is 6.04 Å². The second kappa shape index (κ2) is 12.3. The van der Waals surface area contributed by atoms with Crippen LogP contribution in [0.2, 0.25) is 0 Å². The lowest BCUT2D eigenvalue weighted by atomic mass is 9.75. The second-order valence-electron chi connectivity index (χ2n) is 9.54. The summed E-state index contributed by atoms with van der Waals surface area (Å²) < 4.78 is 11.0. The lowest BCUT2D eigenvalue weighted by Crippen LogP contribution is -2.49. The molecule has 0 radical (unpaired) electrons. The Morgan fingerprint density at radius 1 is 0.743 bits per heavy atom. The Bertz CT molecular complexity index is 953. The third kappa shape index (κ3) is 7.03. The minimum absolute atomic E-state index is 0.138. The van der Waals surface area contributed by atoms with E-state index in [0.717, 1.165) is 62.7 Å². The van der Waals surface area contributed by atoms with Crippen molar-refractivity contribution in [2.45, 2.75) is 69.9 Å². The maximum Gasteiger partial charge on any atom is 0.425 e. The number of aliphatic imine (C=N–C) groups is 1. The molecule has 184 valence electrons. The first kappa shape index (κ1) is 24.7. The number of nitrogens with zero attached hydrogens (tertiary/aromatic N) is 2. The number of imide groups is 1. The molecule has 2 aliphatic carbocycles. The molecule has 2 saturated carbocycles. The molecule has 2 fully saturated rings. The molecular weight excluding hydrogens is 444 g/mol. The summed E-state index contributed by atoms with van der Waals surface area (Å²) in [4.78, 5) is 41.7. The zero-order valence-electron chi connectivity index (χ0n) is 19.9. The van der Waals surface area contributed by atoms with E-state index < -0.39 is 12.2 Å². The zero-order valence-corrected chi connectivity index (χ0v) is 19.9. The van der Waals surface area contributed by atoms with Gasteiger partial charge in [0.25, 0.3) is 0 Å². The van der Waals surface area contributed by atoms with Crippen LogP contribution in [-0.2, 0) is 4.79 Å². The smallest absolute Gasteiger partial charge is 0.410 e. The van der Waals surface area contributed by atoms with E-state index in [4.69, 9.17) is 9.47 Å². The molecule has 0 bridgehead atoms. The van der Waals surface area contributed by atoms with Crippen LogP contribution in [0.25, 0.3) is 0 Å². The number of hydrogen-bond acceptors (Lipinski definition) is 6. The molecule has 2 aromatic rings. The number of rotatable bonds is 6. The summed E-state index contributed by atoms with van der Waals surface area (Å²) in [5, 5.41) is 0. The molecule has 0 aliphatic heterocycles. The molecule has 0 atom stereocenters. The number of isocyanates is 1. The van der Waals surface area contributed by atoms with Gasteiger partial charge in [0.15, 0.2) is 0 Å². The van der Waals surface area contributed by atoms with E-state index in [1.165, 1.54) is 0 Å². The fraction of sp³-hybridized carbons (Fsp3) is 0.464. The van der Waals surface area contributed by atoms with Gasteiger partial charge in [-0.15, -0.1) is 0 Å². The van der Waals surface area contributed by atoms with E-state index in [0.29, 0.717) is 23.3 Å². The Labute approximate surface area is 206 Å². The van der Waals surface area contributed by atoms with Crippen molar-refractivity contribution in [2.24, 2.45) is 16.8 Å². The standard InChI is InChI=1S/C28H32N2O5/c31-20-29-23-15-11-21(12-16-23)19-22-13-17-24(18-14-22)30(27(32)34-25-7-3-1-4-8-25)28(33)35-26-9-5-2-6-10-26/h1-10,21-24H,11-19H2. The van der Waals surface area contributed by atoms with Gasteiger partial charge in [-0.2, -0.15) is 0 Å². The van der Waals surface area contributed by atoms with Gasteiger partial charge in [0, 0.05) is 6.04 Å². The minimum Gasteiger partial charge on any atom is -0.410 e. The topological polar surface area (TPSA) is 85.3 Å². The number of ether oxygens (including phenoxy) is 2. The van der Waals surface area contributed by atoms with E-state index in [2.05, 4.69) is 4.99 Å². The number of para-hydroxylation sites is 2. The van der Waals surface area contributed by atoms with Crippen molar-refractivity contribution in [3.63, 3.8) is 0 Å². The number of amides is 2. The molecule has 0 aromatic heterocycles. The largest absolute Gasteiger partial charge is 0.425 e. The average Bonchev–Trinajstić information content (AvgIpc) is 2.88. The molecule has 2 aromatic carbocycles. The first-order chi connectivity index (χ1) is 17.1. The fourth-order valence-electron chi connectivity index (χ4n) is 5.34. The number of hydrogen-bond donors (Lipinski definition) is 0. The van der Waals surface area contributed by atoms with Crippen LogP contribution in [0, 0.1) is 11.8 Å². The molecule has 0 heterocycles. The third-order valence-corrected chi connectivity index (χ3v) is 7.19. The van der Waals surface area contributed by atoms with Crippen molar-refractivity contribution < 1.29 is 23.9 Å². The Morgan fingerprint density at radius 3 is 1.66 bits per heavy atom. The first-order valence-electron chi connectivity index (χ1n) is 12.5. The second-order valence-corrected chi connectivity index (χ2v) is 9.54. The van der Waals surface area contributed by atoms with Crippen molar-refractivity contribution >= 4 is 18.3 Å². The summed E-state index contributed by atoms with van der Waals surface area (Å²) >= 11 is 0. The quantitative estimate of drug-likeness (QED) is 0.349. The normalized spacial score (nSPS) is 24.0. The summed E-state index contributed by atoms with van der Waals surface area (Å²) in [7, 11) is 0. The van der Waals surface area contributed by atoms with Crippen LogP contribution >= 0.6 is 0 Å². The molecule has 0 spiro atoms.